The van der Waals surface area contributed by atoms with Crippen LogP contribution in [0.15, 0.2) is 182 Å². The SMILES string of the molecule is CC/C=C\C/C=C\C/C=C\C/C=C\C/C=C\C/C=C\C/C=C\C/C=C\C/C=C\C/C=C\CCCCC(=O)OC(CO)COC(=O)CCCCC/C=C\C/C=C\C/C=C\C/C=C\C/C=C\CC. The van der Waals surface area contributed by atoms with Crippen molar-refractivity contribution in [2.45, 2.75) is 174 Å². The summed E-state index contributed by atoms with van der Waals surface area (Å²) in [5, 5.41) is 9.61. The molecule has 0 saturated heterocycles. The Morgan fingerprint density at radius 3 is 0.909 bits per heavy atom. The number of rotatable bonds is 43. The molecule has 0 aliphatic carbocycles. The lowest BCUT2D eigenvalue weighted by Gasteiger charge is -2.15. The van der Waals surface area contributed by atoms with Gasteiger partial charge in [-0.3, -0.25) is 9.59 Å². The van der Waals surface area contributed by atoms with Gasteiger partial charge in [0.1, 0.15) is 6.61 Å². The first-order chi connectivity index (χ1) is 32.6. The molecule has 0 aromatic rings. The molecular weight excluding hydrogens is 813 g/mol. The normalized spacial score (nSPS) is 13.8. The number of carbonyl (C=O) groups is 2. The van der Waals surface area contributed by atoms with Crippen molar-refractivity contribution in [3.63, 3.8) is 0 Å². The molecule has 1 N–H and O–H groups in total. The Morgan fingerprint density at radius 1 is 0.348 bits per heavy atom. The summed E-state index contributed by atoms with van der Waals surface area (Å²) in [5.41, 5.74) is 0. The average molecular weight is 903 g/mol. The zero-order valence-electron chi connectivity index (χ0n) is 41.4. The fraction of sp³-hybridized carbons (Fsp3) is 0.475. The maximum absolute atomic E-state index is 12.3. The first-order valence-electron chi connectivity index (χ1n) is 25.3. The van der Waals surface area contributed by atoms with E-state index in [4.69, 9.17) is 9.47 Å². The van der Waals surface area contributed by atoms with Gasteiger partial charge in [0.15, 0.2) is 6.10 Å². The number of aliphatic hydroxyl groups excluding tert-OH is 1. The van der Waals surface area contributed by atoms with Gasteiger partial charge in [0.05, 0.1) is 6.61 Å². The van der Waals surface area contributed by atoms with E-state index >= 15 is 0 Å². The Balaban J connectivity index is 3.77. The van der Waals surface area contributed by atoms with Crippen molar-refractivity contribution in [1.82, 2.24) is 0 Å². The van der Waals surface area contributed by atoms with Crippen molar-refractivity contribution in [3.8, 4) is 0 Å². The molecule has 0 aliphatic heterocycles. The lowest BCUT2D eigenvalue weighted by Crippen LogP contribution is -2.28. The fourth-order valence-electron chi connectivity index (χ4n) is 5.96. The summed E-state index contributed by atoms with van der Waals surface area (Å²) in [6, 6.07) is 0. The average Bonchev–Trinajstić information content (AvgIpc) is 3.32. The molecule has 0 heterocycles. The largest absolute Gasteiger partial charge is 0.462 e. The molecule has 0 radical (unpaired) electrons. The van der Waals surface area contributed by atoms with E-state index in [0.717, 1.165) is 135 Å². The molecule has 5 nitrogen and oxygen atoms in total. The summed E-state index contributed by atoms with van der Waals surface area (Å²) in [6.45, 7) is 3.82. The number of esters is 2. The summed E-state index contributed by atoms with van der Waals surface area (Å²) >= 11 is 0. The van der Waals surface area contributed by atoms with Crippen molar-refractivity contribution in [2.24, 2.45) is 0 Å². The summed E-state index contributed by atoms with van der Waals surface area (Å²) in [4.78, 5) is 24.4. The highest BCUT2D eigenvalue weighted by atomic mass is 16.6. The highest BCUT2D eigenvalue weighted by Crippen LogP contribution is 2.09. The fourth-order valence-corrected chi connectivity index (χ4v) is 5.96. The highest BCUT2D eigenvalue weighted by Gasteiger charge is 2.16. The van der Waals surface area contributed by atoms with Crippen LogP contribution in [0.4, 0.5) is 0 Å². The molecule has 1 unspecified atom stereocenters. The number of allylic oxidation sites excluding steroid dienone is 30. The van der Waals surface area contributed by atoms with Gasteiger partial charge in [-0.2, -0.15) is 0 Å². The predicted octanol–water partition coefficient (Wildman–Crippen LogP) is 17.2. The van der Waals surface area contributed by atoms with Crippen LogP contribution in [0, 0.1) is 0 Å². The molecule has 0 saturated carbocycles. The first kappa shape index (κ1) is 61.0. The third-order valence-electron chi connectivity index (χ3n) is 9.69. The molecule has 0 aromatic carbocycles. The number of hydrogen-bond acceptors (Lipinski definition) is 5. The van der Waals surface area contributed by atoms with Crippen molar-refractivity contribution in [2.75, 3.05) is 13.2 Å². The minimum absolute atomic E-state index is 0.115. The smallest absolute Gasteiger partial charge is 0.306 e. The number of aliphatic hydroxyl groups is 1. The van der Waals surface area contributed by atoms with Gasteiger partial charge < -0.3 is 14.6 Å². The van der Waals surface area contributed by atoms with Gasteiger partial charge in [-0.1, -0.05) is 203 Å². The summed E-state index contributed by atoms with van der Waals surface area (Å²) in [5.74, 6) is -0.700. The summed E-state index contributed by atoms with van der Waals surface area (Å²) < 4.78 is 10.6. The van der Waals surface area contributed by atoms with Crippen LogP contribution in [0.2, 0.25) is 0 Å². The van der Waals surface area contributed by atoms with E-state index < -0.39 is 6.10 Å². The van der Waals surface area contributed by atoms with Crippen LogP contribution in [-0.4, -0.2) is 36.4 Å². The highest BCUT2D eigenvalue weighted by molar-refractivity contribution is 5.70. The maximum Gasteiger partial charge on any atom is 0.306 e. The molecule has 0 rings (SSSR count). The third kappa shape index (κ3) is 51.6. The Hall–Kier alpha value is -5.00. The lowest BCUT2D eigenvalue weighted by atomic mass is 10.1. The van der Waals surface area contributed by atoms with Crippen LogP contribution < -0.4 is 0 Å². The van der Waals surface area contributed by atoms with Crippen molar-refractivity contribution >= 4 is 11.9 Å². The molecule has 0 aromatic heterocycles. The van der Waals surface area contributed by atoms with Gasteiger partial charge >= 0.3 is 11.9 Å². The van der Waals surface area contributed by atoms with Gasteiger partial charge in [-0.05, 0) is 135 Å². The van der Waals surface area contributed by atoms with Crippen LogP contribution >= 0.6 is 0 Å². The Kier molecular flexibility index (Phi) is 50.2. The van der Waals surface area contributed by atoms with Crippen LogP contribution in [-0.2, 0) is 19.1 Å². The zero-order chi connectivity index (χ0) is 47.7. The molecule has 0 fully saturated rings. The van der Waals surface area contributed by atoms with Crippen LogP contribution in [0.25, 0.3) is 0 Å². The Morgan fingerprint density at radius 2 is 0.606 bits per heavy atom. The first-order valence-corrected chi connectivity index (χ1v) is 25.3. The summed E-state index contributed by atoms with van der Waals surface area (Å²) in [6.07, 6.45) is 86.9. The van der Waals surface area contributed by atoms with E-state index in [2.05, 4.69) is 196 Å². The topological polar surface area (TPSA) is 72.8 Å². The summed E-state index contributed by atoms with van der Waals surface area (Å²) in [7, 11) is 0. The van der Waals surface area contributed by atoms with E-state index in [1.807, 2.05) is 0 Å². The van der Waals surface area contributed by atoms with E-state index in [-0.39, 0.29) is 31.6 Å². The minimum atomic E-state index is -0.825. The number of carbonyl (C=O) groups excluding carboxylic acids is 2. The van der Waals surface area contributed by atoms with Crippen LogP contribution in [0.1, 0.15) is 168 Å². The minimum Gasteiger partial charge on any atom is -0.462 e. The molecule has 66 heavy (non-hydrogen) atoms. The van der Waals surface area contributed by atoms with Gasteiger partial charge in [0.2, 0.25) is 0 Å². The standard InChI is InChI=1S/C61H90O5/c1-3-5-7-9-11-13-15-17-19-21-23-24-25-26-27-28-29-30-31-32-33-34-35-36-38-40-42-44-46-48-50-52-54-56-61(64)66-59(57-62)58-65-60(63)55-53-51-49-47-45-43-41-39-37-22-20-18-16-14-12-10-8-6-4-2/h5-8,11-14,17-20,23-24,26-27,29-30,32-33,35-37,39-40,42-43,45-46,48,59,62H,3-4,9-10,15-16,21-22,25,28,31,34,38,41,44,47,49-58H2,1-2H3/b7-5-,8-6-,13-11-,14-12-,19-17-,20-18-,24-23-,27-26-,30-29-,33-32-,36-35-,39-37-,42-40-,45-43-,48-46-. The molecule has 364 valence electrons. The molecule has 0 aliphatic rings. The molecule has 0 bridgehead atoms. The second-order valence-electron chi connectivity index (χ2n) is 15.8. The quantitative estimate of drug-likeness (QED) is 0.0375. The second kappa shape index (κ2) is 54.3. The van der Waals surface area contributed by atoms with Gasteiger partial charge in [-0.15, -0.1) is 0 Å². The van der Waals surface area contributed by atoms with Crippen LogP contribution in [0.3, 0.4) is 0 Å². The van der Waals surface area contributed by atoms with E-state index in [9.17, 15) is 14.7 Å². The van der Waals surface area contributed by atoms with Gasteiger partial charge in [-0.25, -0.2) is 0 Å². The lowest BCUT2D eigenvalue weighted by molar-refractivity contribution is -0.161. The number of ether oxygens (including phenoxy) is 2. The van der Waals surface area contributed by atoms with Gasteiger partial charge in [0.25, 0.3) is 0 Å². The van der Waals surface area contributed by atoms with E-state index in [0.29, 0.717) is 12.8 Å². The maximum atomic E-state index is 12.3. The molecule has 1 atom stereocenters. The molecule has 5 heteroatoms. The zero-order valence-corrected chi connectivity index (χ0v) is 41.4. The van der Waals surface area contributed by atoms with Gasteiger partial charge in [0, 0.05) is 12.8 Å². The van der Waals surface area contributed by atoms with E-state index in [1.54, 1.807) is 0 Å². The van der Waals surface area contributed by atoms with Crippen molar-refractivity contribution < 1.29 is 24.2 Å². The third-order valence-corrected chi connectivity index (χ3v) is 9.69. The molecular formula is C61H90O5. The van der Waals surface area contributed by atoms with Crippen LogP contribution in [0.5, 0.6) is 0 Å². The van der Waals surface area contributed by atoms with Crippen molar-refractivity contribution in [1.29, 1.82) is 0 Å². The number of hydrogen-bond donors (Lipinski definition) is 1. The predicted molar refractivity (Wildman–Crippen MR) is 287 cm³/mol. The Bertz CT molecular complexity index is 1580. The van der Waals surface area contributed by atoms with Crippen molar-refractivity contribution in [3.05, 3.63) is 182 Å². The van der Waals surface area contributed by atoms with E-state index in [1.165, 1.54) is 0 Å². The molecule has 0 amide bonds. The number of unbranched alkanes of at least 4 members (excludes halogenated alkanes) is 5. The Labute approximate surface area is 404 Å². The monoisotopic (exact) mass is 903 g/mol. The molecule has 0 spiro atoms. The second-order valence-corrected chi connectivity index (χ2v) is 15.8.